The number of sulfonamides is 1. The van der Waals surface area contributed by atoms with Gasteiger partial charge in [-0.15, -0.1) is 0 Å². The molecular formula is C18H17ClN2O3S. The van der Waals surface area contributed by atoms with Gasteiger partial charge in [0.2, 0.25) is 15.9 Å². The van der Waals surface area contributed by atoms with E-state index in [1.165, 1.54) is 0 Å². The van der Waals surface area contributed by atoms with Gasteiger partial charge in [0.05, 0.1) is 4.90 Å². The van der Waals surface area contributed by atoms with Crippen molar-refractivity contribution < 1.29 is 13.2 Å². The van der Waals surface area contributed by atoms with Crippen LogP contribution >= 0.6 is 11.6 Å². The zero-order chi connectivity index (χ0) is 17.6. The van der Waals surface area contributed by atoms with E-state index < -0.39 is 16.1 Å². The predicted octanol–water partition coefficient (Wildman–Crippen LogP) is 2.13. The van der Waals surface area contributed by atoms with Gasteiger partial charge in [0.15, 0.2) is 0 Å². The van der Waals surface area contributed by atoms with E-state index >= 15 is 0 Å². The Hall–Kier alpha value is -1.89. The van der Waals surface area contributed by atoms with Crippen LogP contribution in [0.5, 0.6) is 0 Å². The summed E-state index contributed by atoms with van der Waals surface area (Å²) in [4.78, 5) is 14.9. The largest absolute Gasteiger partial charge is 0.337 e. The van der Waals surface area contributed by atoms with Crippen LogP contribution in [0.2, 0.25) is 5.02 Å². The molecule has 0 radical (unpaired) electrons. The Balaban J connectivity index is 1.59. The highest BCUT2D eigenvalue weighted by atomic mass is 35.5. The molecule has 0 unspecified atom stereocenters. The van der Waals surface area contributed by atoms with E-state index in [1.54, 1.807) is 29.2 Å². The fourth-order valence-corrected chi connectivity index (χ4v) is 5.28. The van der Waals surface area contributed by atoms with Crippen molar-refractivity contribution in [2.24, 2.45) is 0 Å². The molecule has 5 nitrogen and oxygen atoms in total. The first kappa shape index (κ1) is 16.6. The first-order valence-electron chi connectivity index (χ1n) is 8.11. The van der Waals surface area contributed by atoms with E-state index in [2.05, 4.69) is 4.72 Å². The van der Waals surface area contributed by atoms with Crippen molar-refractivity contribution in [1.82, 2.24) is 9.62 Å². The van der Waals surface area contributed by atoms with Crippen LogP contribution in [-0.4, -0.2) is 31.8 Å². The van der Waals surface area contributed by atoms with Crippen molar-refractivity contribution >= 4 is 27.5 Å². The average molecular weight is 377 g/mol. The number of nitrogens with zero attached hydrogens (tertiary/aromatic N) is 1. The van der Waals surface area contributed by atoms with Crippen molar-refractivity contribution in [3.63, 3.8) is 0 Å². The summed E-state index contributed by atoms with van der Waals surface area (Å²) in [5, 5.41) is 0.719. The summed E-state index contributed by atoms with van der Waals surface area (Å²) in [5.74, 6) is -0.191. The van der Waals surface area contributed by atoms with Gasteiger partial charge in [0, 0.05) is 18.1 Å². The summed E-state index contributed by atoms with van der Waals surface area (Å²) in [6, 6.07) is 11.7. The molecular weight excluding hydrogens is 360 g/mol. The zero-order valence-electron chi connectivity index (χ0n) is 13.4. The highest BCUT2D eigenvalue weighted by Gasteiger charge is 2.36. The summed E-state index contributed by atoms with van der Waals surface area (Å²) in [6.07, 6.45) is 1.05. The lowest BCUT2D eigenvalue weighted by atomic mass is 9.98. The van der Waals surface area contributed by atoms with Gasteiger partial charge >= 0.3 is 0 Å². The van der Waals surface area contributed by atoms with Gasteiger partial charge in [-0.3, -0.25) is 4.79 Å². The van der Waals surface area contributed by atoms with Crippen LogP contribution < -0.4 is 4.72 Å². The Labute approximate surface area is 151 Å². The van der Waals surface area contributed by atoms with Crippen LogP contribution in [0, 0.1) is 0 Å². The normalized spacial score (nSPS) is 21.3. The number of nitrogens with one attached hydrogen (secondary N) is 1. The van der Waals surface area contributed by atoms with E-state index in [0.29, 0.717) is 31.5 Å². The molecule has 1 atom stereocenters. The van der Waals surface area contributed by atoms with Gasteiger partial charge in [0.25, 0.3) is 0 Å². The molecule has 1 amide bonds. The maximum atomic E-state index is 12.9. The third kappa shape index (κ3) is 2.94. The molecule has 2 aromatic rings. The molecule has 7 heteroatoms. The summed E-state index contributed by atoms with van der Waals surface area (Å²) >= 11 is 6.22. The number of rotatable bonds is 1. The lowest BCUT2D eigenvalue weighted by Gasteiger charge is -2.34. The van der Waals surface area contributed by atoms with Crippen molar-refractivity contribution in [3.8, 4) is 0 Å². The third-order valence-corrected chi connectivity index (χ3v) is 6.73. The molecule has 2 aliphatic rings. The van der Waals surface area contributed by atoms with E-state index in [1.807, 2.05) is 18.2 Å². The number of halogens is 1. The van der Waals surface area contributed by atoms with Crippen LogP contribution in [0.4, 0.5) is 0 Å². The molecule has 2 aliphatic heterocycles. The number of hydrogen-bond donors (Lipinski definition) is 1. The van der Waals surface area contributed by atoms with Crippen LogP contribution in [0.25, 0.3) is 0 Å². The molecule has 0 saturated heterocycles. The van der Waals surface area contributed by atoms with Crippen LogP contribution in [0.1, 0.15) is 16.7 Å². The second-order valence-corrected chi connectivity index (χ2v) is 8.46. The van der Waals surface area contributed by atoms with E-state index in [0.717, 1.165) is 16.1 Å². The number of hydrogen-bond acceptors (Lipinski definition) is 3. The fraction of sp³-hybridized carbons (Fsp3) is 0.278. The minimum absolute atomic E-state index is 0.191. The zero-order valence-corrected chi connectivity index (χ0v) is 15.0. The highest BCUT2D eigenvalue weighted by Crippen LogP contribution is 2.28. The molecule has 0 fully saturated rings. The Bertz CT molecular complexity index is 959. The van der Waals surface area contributed by atoms with Crippen molar-refractivity contribution in [3.05, 3.63) is 64.2 Å². The summed E-state index contributed by atoms with van der Waals surface area (Å²) in [7, 11) is -3.66. The fourth-order valence-electron chi connectivity index (χ4n) is 3.56. The van der Waals surface area contributed by atoms with Gasteiger partial charge in [-0.25, -0.2) is 8.42 Å². The Kier molecular flexibility index (Phi) is 4.06. The first-order valence-corrected chi connectivity index (χ1v) is 9.97. The van der Waals surface area contributed by atoms with Crippen molar-refractivity contribution in [1.29, 1.82) is 0 Å². The average Bonchev–Trinajstić information content (AvgIpc) is 2.60. The van der Waals surface area contributed by atoms with E-state index in [4.69, 9.17) is 11.6 Å². The number of carbonyl (C=O) groups is 1. The summed E-state index contributed by atoms with van der Waals surface area (Å²) < 4.78 is 27.4. The van der Waals surface area contributed by atoms with Gasteiger partial charge in [-0.1, -0.05) is 41.9 Å². The number of carbonyl (C=O) groups excluding carboxylic acids is 1. The smallest absolute Gasteiger partial charge is 0.241 e. The topological polar surface area (TPSA) is 66.5 Å². The Morgan fingerprint density at radius 3 is 2.72 bits per heavy atom. The van der Waals surface area contributed by atoms with Gasteiger partial charge in [0.1, 0.15) is 6.04 Å². The minimum Gasteiger partial charge on any atom is -0.337 e. The second-order valence-electron chi connectivity index (χ2n) is 6.37. The standard InChI is InChI=1S/C18H17ClN2O3S/c19-15-6-3-5-13-11-21(9-8-14(13)15)18(22)16-10-12-4-1-2-7-17(12)25(23,24)20-16/h1-7,16,20H,8-11H2/t16-/m1/s1. The molecule has 0 aliphatic carbocycles. The maximum Gasteiger partial charge on any atom is 0.241 e. The number of amides is 1. The third-order valence-electron chi connectivity index (χ3n) is 4.80. The second kappa shape index (κ2) is 6.12. The maximum absolute atomic E-state index is 12.9. The van der Waals surface area contributed by atoms with E-state index in [-0.39, 0.29) is 10.8 Å². The van der Waals surface area contributed by atoms with E-state index in [9.17, 15) is 13.2 Å². The van der Waals surface area contributed by atoms with Gasteiger partial charge < -0.3 is 4.90 Å². The molecule has 25 heavy (non-hydrogen) atoms. The summed E-state index contributed by atoms with van der Waals surface area (Å²) in [5.41, 5.74) is 2.77. The quantitative estimate of drug-likeness (QED) is 0.829. The van der Waals surface area contributed by atoms with Crippen LogP contribution in [0.3, 0.4) is 0 Å². The number of fused-ring (bicyclic) bond motifs is 2. The van der Waals surface area contributed by atoms with Crippen LogP contribution in [0.15, 0.2) is 47.4 Å². The molecule has 2 heterocycles. The van der Waals surface area contributed by atoms with Gasteiger partial charge in [-0.05, 0) is 41.7 Å². The highest BCUT2D eigenvalue weighted by molar-refractivity contribution is 7.89. The van der Waals surface area contributed by atoms with Crippen molar-refractivity contribution in [2.75, 3.05) is 6.54 Å². The molecule has 0 bridgehead atoms. The SMILES string of the molecule is O=C([C@H]1Cc2ccccc2S(=O)(=O)N1)N1CCc2c(Cl)cccc2C1. The first-order chi connectivity index (χ1) is 12.0. The predicted molar refractivity (Wildman–Crippen MR) is 94.8 cm³/mol. The Morgan fingerprint density at radius 1 is 1.12 bits per heavy atom. The summed E-state index contributed by atoms with van der Waals surface area (Å²) in [6.45, 7) is 0.990. The minimum atomic E-state index is -3.66. The Morgan fingerprint density at radius 2 is 1.88 bits per heavy atom. The monoisotopic (exact) mass is 376 g/mol. The molecule has 2 aromatic carbocycles. The van der Waals surface area contributed by atoms with Crippen molar-refractivity contribution in [2.45, 2.75) is 30.3 Å². The molecule has 1 N–H and O–H groups in total. The lowest BCUT2D eigenvalue weighted by Crippen LogP contribution is -2.52. The van der Waals surface area contributed by atoms with Crippen LogP contribution in [-0.2, 0) is 34.2 Å². The lowest BCUT2D eigenvalue weighted by molar-refractivity contribution is -0.134. The molecule has 0 saturated carbocycles. The van der Waals surface area contributed by atoms with Gasteiger partial charge in [-0.2, -0.15) is 4.72 Å². The molecule has 0 aromatic heterocycles. The number of benzene rings is 2. The molecule has 0 spiro atoms. The molecule has 130 valence electrons. The molecule has 4 rings (SSSR count).